The molecule has 4 rings (SSSR count). The van der Waals surface area contributed by atoms with Crippen LogP contribution in [-0.4, -0.2) is 26.4 Å². The van der Waals surface area contributed by atoms with Gasteiger partial charge in [0.1, 0.15) is 12.4 Å². The van der Waals surface area contributed by atoms with Gasteiger partial charge in [-0.1, -0.05) is 73.3 Å². The van der Waals surface area contributed by atoms with Crippen LogP contribution in [0, 0.1) is 0 Å². The largest absolute Gasteiger partial charge is 0.485 e. The van der Waals surface area contributed by atoms with Crippen molar-refractivity contribution in [2.75, 3.05) is 11.1 Å². The second kappa shape index (κ2) is 10.3. The molecule has 0 saturated heterocycles. The number of aryl methyl sites for hydroxylation is 1. The van der Waals surface area contributed by atoms with E-state index in [1.165, 1.54) is 11.8 Å². The Labute approximate surface area is 192 Å². The normalized spacial score (nSPS) is 10.9. The first-order chi connectivity index (χ1) is 15.7. The average molecular weight is 447 g/mol. The third kappa shape index (κ3) is 4.94. The molecule has 0 aliphatic carbocycles. The molecule has 3 aromatic carbocycles. The molecule has 0 spiro atoms. The predicted octanol–water partition coefficient (Wildman–Crippen LogP) is 5.32. The molecule has 0 fully saturated rings. The van der Waals surface area contributed by atoms with Crippen molar-refractivity contribution in [1.82, 2.24) is 14.8 Å². The molecular weight excluding hydrogens is 420 g/mol. The van der Waals surface area contributed by atoms with Gasteiger partial charge >= 0.3 is 0 Å². The molecule has 0 bridgehead atoms. The summed E-state index contributed by atoms with van der Waals surface area (Å²) in [6.07, 6.45) is 0.869. The Balaban J connectivity index is 1.40. The van der Waals surface area contributed by atoms with Gasteiger partial charge in [-0.3, -0.25) is 4.79 Å². The minimum Gasteiger partial charge on any atom is -0.485 e. The van der Waals surface area contributed by atoms with Crippen LogP contribution in [0.5, 0.6) is 5.75 Å². The molecule has 0 aliphatic heterocycles. The van der Waals surface area contributed by atoms with Crippen LogP contribution in [0.1, 0.15) is 25.2 Å². The number of nitrogens with zero attached hydrogens (tertiary/aromatic N) is 3. The number of para-hydroxylation sites is 1. The van der Waals surface area contributed by atoms with Crippen LogP contribution in [0.25, 0.3) is 10.8 Å². The van der Waals surface area contributed by atoms with Crippen LogP contribution < -0.4 is 10.1 Å². The number of carbonyl (C=O) groups is 1. The number of nitrogens with one attached hydrogen (secondary N) is 1. The molecule has 6 nitrogen and oxygen atoms in total. The molecule has 1 aromatic heterocycles. The minimum atomic E-state index is -0.0601. The molecule has 1 N–H and O–H groups in total. The van der Waals surface area contributed by atoms with Gasteiger partial charge in [-0.25, -0.2) is 0 Å². The number of aromatic nitrogens is 3. The number of thioether (sulfide) groups is 1. The second-order valence-electron chi connectivity index (χ2n) is 7.26. The lowest BCUT2D eigenvalue weighted by Gasteiger charge is -2.11. The van der Waals surface area contributed by atoms with Gasteiger partial charge < -0.3 is 14.6 Å². The van der Waals surface area contributed by atoms with Crippen LogP contribution in [0.15, 0.2) is 71.9 Å². The van der Waals surface area contributed by atoms with Crippen molar-refractivity contribution in [3.05, 3.63) is 78.1 Å². The van der Waals surface area contributed by atoms with E-state index < -0.39 is 0 Å². The fraction of sp³-hybridized carbons (Fsp3) is 0.240. The number of carbonyl (C=O) groups excluding carboxylic acids is 1. The molecule has 0 aliphatic rings. The zero-order chi connectivity index (χ0) is 22.3. The zero-order valence-electron chi connectivity index (χ0n) is 18.2. The van der Waals surface area contributed by atoms with Crippen LogP contribution in [0.2, 0.25) is 0 Å². The van der Waals surface area contributed by atoms with E-state index >= 15 is 0 Å². The fourth-order valence-corrected chi connectivity index (χ4v) is 4.40. The van der Waals surface area contributed by atoms with E-state index in [9.17, 15) is 4.79 Å². The summed E-state index contributed by atoms with van der Waals surface area (Å²) in [6.45, 7) is 5.12. The van der Waals surface area contributed by atoms with Gasteiger partial charge in [0.25, 0.3) is 0 Å². The molecule has 164 valence electrons. The number of rotatable bonds is 9. The molecule has 0 atom stereocenters. The van der Waals surface area contributed by atoms with Crippen molar-refractivity contribution in [1.29, 1.82) is 0 Å². The number of anilines is 1. The van der Waals surface area contributed by atoms with Crippen LogP contribution in [0.3, 0.4) is 0 Å². The highest BCUT2D eigenvalue weighted by molar-refractivity contribution is 7.99. The minimum absolute atomic E-state index is 0.0601. The fourth-order valence-electron chi connectivity index (χ4n) is 3.58. The summed E-state index contributed by atoms with van der Waals surface area (Å²) in [5.74, 6) is 1.76. The Morgan fingerprint density at radius 1 is 1.00 bits per heavy atom. The molecule has 0 unspecified atom stereocenters. The first-order valence-corrected chi connectivity index (χ1v) is 11.7. The number of hydrogen-bond acceptors (Lipinski definition) is 5. The van der Waals surface area contributed by atoms with Gasteiger partial charge in [-0.15, -0.1) is 10.2 Å². The Kier molecular flexibility index (Phi) is 7.07. The lowest BCUT2D eigenvalue weighted by molar-refractivity contribution is -0.113. The maximum absolute atomic E-state index is 12.5. The Bertz CT molecular complexity index is 1220. The number of benzene rings is 3. The SMILES string of the molecule is CCc1ccccc1NC(=O)CSc1nnc(COc2cccc3ccccc23)n1CC. The maximum atomic E-state index is 12.5. The van der Waals surface area contributed by atoms with Gasteiger partial charge in [0.05, 0.1) is 5.75 Å². The highest BCUT2D eigenvalue weighted by atomic mass is 32.2. The zero-order valence-corrected chi connectivity index (χ0v) is 19.1. The van der Waals surface area contributed by atoms with E-state index in [1.807, 2.05) is 66.1 Å². The van der Waals surface area contributed by atoms with Gasteiger partial charge in [-0.2, -0.15) is 0 Å². The average Bonchev–Trinajstić information content (AvgIpc) is 3.23. The van der Waals surface area contributed by atoms with Crippen molar-refractivity contribution in [3.63, 3.8) is 0 Å². The van der Waals surface area contributed by atoms with E-state index in [1.54, 1.807) is 0 Å². The molecule has 1 amide bonds. The van der Waals surface area contributed by atoms with E-state index in [2.05, 4.69) is 34.6 Å². The molecule has 0 radical (unpaired) electrons. The molecule has 0 saturated carbocycles. The standard InChI is InChI=1S/C25H26N4O2S/c1-3-18-10-6-8-14-21(18)26-24(30)17-32-25-28-27-23(29(25)4-2)16-31-22-15-9-12-19-11-5-7-13-20(19)22/h5-15H,3-4,16-17H2,1-2H3,(H,26,30). The van der Waals surface area contributed by atoms with E-state index in [4.69, 9.17) is 4.74 Å². The van der Waals surface area contributed by atoms with Crippen molar-refractivity contribution in [3.8, 4) is 5.75 Å². The Morgan fingerprint density at radius 3 is 2.62 bits per heavy atom. The highest BCUT2D eigenvalue weighted by Gasteiger charge is 2.15. The van der Waals surface area contributed by atoms with Gasteiger partial charge in [0.2, 0.25) is 5.91 Å². The predicted molar refractivity (Wildman–Crippen MR) is 129 cm³/mol. The third-order valence-electron chi connectivity index (χ3n) is 5.22. The quantitative estimate of drug-likeness (QED) is 0.352. The maximum Gasteiger partial charge on any atom is 0.234 e. The first-order valence-electron chi connectivity index (χ1n) is 10.7. The van der Waals surface area contributed by atoms with Gasteiger partial charge in [-0.05, 0) is 36.4 Å². The third-order valence-corrected chi connectivity index (χ3v) is 6.19. The highest BCUT2D eigenvalue weighted by Crippen LogP contribution is 2.26. The number of ether oxygens (including phenoxy) is 1. The van der Waals surface area contributed by atoms with E-state index in [0.717, 1.165) is 40.0 Å². The molecular formula is C25H26N4O2S. The second-order valence-corrected chi connectivity index (χ2v) is 8.20. The molecule has 1 heterocycles. The van der Waals surface area contributed by atoms with Gasteiger partial charge in [0.15, 0.2) is 11.0 Å². The van der Waals surface area contributed by atoms with Gasteiger partial charge in [0, 0.05) is 17.6 Å². The van der Waals surface area contributed by atoms with Crippen molar-refractivity contribution in [2.45, 2.75) is 38.6 Å². The lowest BCUT2D eigenvalue weighted by Crippen LogP contribution is -2.16. The Morgan fingerprint density at radius 2 is 1.78 bits per heavy atom. The van der Waals surface area contributed by atoms with Crippen LogP contribution in [-0.2, 0) is 24.4 Å². The topological polar surface area (TPSA) is 69.0 Å². The summed E-state index contributed by atoms with van der Waals surface area (Å²) in [4.78, 5) is 12.5. The van der Waals surface area contributed by atoms with Crippen LogP contribution in [0.4, 0.5) is 5.69 Å². The number of hydrogen-bond donors (Lipinski definition) is 1. The van der Waals surface area contributed by atoms with E-state index in [0.29, 0.717) is 18.3 Å². The monoisotopic (exact) mass is 446 g/mol. The number of fused-ring (bicyclic) bond motifs is 1. The van der Waals surface area contributed by atoms with Crippen molar-refractivity contribution in [2.24, 2.45) is 0 Å². The Hall–Kier alpha value is -3.32. The lowest BCUT2D eigenvalue weighted by atomic mass is 10.1. The summed E-state index contributed by atoms with van der Waals surface area (Å²) in [7, 11) is 0. The molecule has 32 heavy (non-hydrogen) atoms. The summed E-state index contributed by atoms with van der Waals surface area (Å²) < 4.78 is 8.07. The van der Waals surface area contributed by atoms with Crippen LogP contribution >= 0.6 is 11.8 Å². The number of amides is 1. The molecule has 4 aromatic rings. The summed E-state index contributed by atoms with van der Waals surface area (Å²) >= 11 is 1.38. The van der Waals surface area contributed by atoms with Crippen molar-refractivity contribution < 1.29 is 9.53 Å². The molecule has 7 heteroatoms. The summed E-state index contributed by atoms with van der Waals surface area (Å²) in [5.41, 5.74) is 1.98. The van der Waals surface area contributed by atoms with Crippen molar-refractivity contribution >= 4 is 34.1 Å². The summed E-state index contributed by atoms with van der Waals surface area (Å²) in [5, 5.41) is 14.5. The summed E-state index contributed by atoms with van der Waals surface area (Å²) in [6, 6.07) is 22.0. The smallest absolute Gasteiger partial charge is 0.234 e. The van der Waals surface area contributed by atoms with E-state index in [-0.39, 0.29) is 11.7 Å². The first kappa shape index (κ1) is 21.9.